The minimum Gasteiger partial charge on any atom is -0.495 e. The SMILES string of the molecule is CCCCNS(=O)(=O)c1cc(C(C)C)ccc1OC. The first-order valence-electron chi connectivity index (χ1n) is 6.60. The minimum atomic E-state index is -3.51. The molecule has 0 saturated heterocycles. The number of rotatable bonds is 7. The van der Waals surface area contributed by atoms with E-state index in [-0.39, 0.29) is 10.8 Å². The molecule has 0 aliphatic heterocycles. The van der Waals surface area contributed by atoms with Crippen LogP contribution < -0.4 is 9.46 Å². The standard InChI is InChI=1S/C14H23NO3S/c1-5-6-9-15-19(16,17)14-10-12(11(2)3)7-8-13(14)18-4/h7-8,10-11,15H,5-6,9H2,1-4H3. The molecule has 0 saturated carbocycles. The molecule has 0 amide bonds. The lowest BCUT2D eigenvalue weighted by Crippen LogP contribution is -2.25. The molecule has 108 valence electrons. The zero-order valence-corrected chi connectivity index (χ0v) is 12.9. The van der Waals surface area contributed by atoms with Crippen molar-refractivity contribution < 1.29 is 13.2 Å². The molecule has 0 aliphatic rings. The van der Waals surface area contributed by atoms with E-state index in [2.05, 4.69) is 4.72 Å². The van der Waals surface area contributed by atoms with Crippen LogP contribution >= 0.6 is 0 Å². The molecule has 0 heterocycles. The van der Waals surface area contributed by atoms with Crippen LogP contribution in [0.25, 0.3) is 0 Å². The third-order valence-corrected chi connectivity index (χ3v) is 4.45. The van der Waals surface area contributed by atoms with Crippen molar-refractivity contribution in [2.24, 2.45) is 0 Å². The summed E-state index contributed by atoms with van der Waals surface area (Å²) in [6.45, 7) is 6.54. The number of hydrogen-bond acceptors (Lipinski definition) is 3. The van der Waals surface area contributed by atoms with Crippen molar-refractivity contribution in [2.75, 3.05) is 13.7 Å². The summed E-state index contributed by atoms with van der Waals surface area (Å²) in [5.74, 6) is 0.656. The second-order valence-corrected chi connectivity index (χ2v) is 6.55. The van der Waals surface area contributed by atoms with Crippen LogP contribution in [0.15, 0.2) is 23.1 Å². The Morgan fingerprint density at radius 1 is 1.32 bits per heavy atom. The monoisotopic (exact) mass is 285 g/mol. The van der Waals surface area contributed by atoms with Gasteiger partial charge in [0, 0.05) is 6.54 Å². The molecule has 1 aromatic carbocycles. The lowest BCUT2D eigenvalue weighted by atomic mass is 10.0. The quantitative estimate of drug-likeness (QED) is 0.784. The van der Waals surface area contributed by atoms with Gasteiger partial charge in [0.25, 0.3) is 0 Å². The van der Waals surface area contributed by atoms with Gasteiger partial charge in [-0.05, 0) is 30.0 Å². The molecule has 1 rings (SSSR count). The summed E-state index contributed by atoms with van der Waals surface area (Å²) in [4.78, 5) is 0.220. The molecule has 5 heteroatoms. The van der Waals surface area contributed by atoms with E-state index in [1.54, 1.807) is 12.1 Å². The number of unbranched alkanes of at least 4 members (excludes halogenated alkanes) is 1. The number of nitrogens with one attached hydrogen (secondary N) is 1. The number of sulfonamides is 1. The lowest BCUT2D eigenvalue weighted by Gasteiger charge is -2.13. The van der Waals surface area contributed by atoms with Crippen LogP contribution in [0.4, 0.5) is 0 Å². The molecular weight excluding hydrogens is 262 g/mol. The van der Waals surface area contributed by atoms with Gasteiger partial charge in [0.15, 0.2) is 0 Å². The molecule has 0 fully saturated rings. The average molecular weight is 285 g/mol. The van der Waals surface area contributed by atoms with E-state index < -0.39 is 10.0 Å². The van der Waals surface area contributed by atoms with Gasteiger partial charge in [-0.15, -0.1) is 0 Å². The molecule has 0 radical (unpaired) electrons. The van der Waals surface area contributed by atoms with Gasteiger partial charge < -0.3 is 4.74 Å². The highest BCUT2D eigenvalue weighted by molar-refractivity contribution is 7.89. The van der Waals surface area contributed by atoms with E-state index in [0.29, 0.717) is 12.3 Å². The van der Waals surface area contributed by atoms with Crippen LogP contribution in [0.5, 0.6) is 5.75 Å². The van der Waals surface area contributed by atoms with Crippen LogP contribution in [-0.2, 0) is 10.0 Å². The van der Waals surface area contributed by atoms with Crippen LogP contribution in [0.2, 0.25) is 0 Å². The lowest BCUT2D eigenvalue weighted by molar-refractivity contribution is 0.402. The molecule has 0 spiro atoms. The molecule has 0 aliphatic carbocycles. The largest absolute Gasteiger partial charge is 0.495 e. The number of hydrogen-bond donors (Lipinski definition) is 1. The van der Waals surface area contributed by atoms with Crippen molar-refractivity contribution in [1.29, 1.82) is 0 Å². The molecule has 0 bridgehead atoms. The highest BCUT2D eigenvalue weighted by Gasteiger charge is 2.20. The molecule has 0 atom stereocenters. The fourth-order valence-electron chi connectivity index (χ4n) is 1.72. The summed E-state index contributed by atoms with van der Waals surface area (Å²) in [5.41, 5.74) is 0.983. The second-order valence-electron chi connectivity index (χ2n) is 4.82. The van der Waals surface area contributed by atoms with E-state index in [0.717, 1.165) is 18.4 Å². The summed E-state index contributed by atoms with van der Waals surface area (Å²) in [5, 5.41) is 0. The maximum atomic E-state index is 12.3. The van der Waals surface area contributed by atoms with E-state index in [4.69, 9.17) is 4.74 Å². The van der Waals surface area contributed by atoms with Gasteiger partial charge in [0.1, 0.15) is 10.6 Å². The Hall–Kier alpha value is -1.07. The topological polar surface area (TPSA) is 55.4 Å². The molecule has 0 unspecified atom stereocenters. The van der Waals surface area contributed by atoms with Crippen LogP contribution in [-0.4, -0.2) is 22.1 Å². The molecule has 1 aromatic rings. The minimum absolute atomic E-state index is 0.220. The highest BCUT2D eigenvalue weighted by atomic mass is 32.2. The van der Waals surface area contributed by atoms with Gasteiger partial charge in [-0.25, -0.2) is 13.1 Å². The average Bonchev–Trinajstić information content (AvgIpc) is 2.38. The summed E-state index contributed by atoms with van der Waals surface area (Å²) in [7, 11) is -2.02. The number of benzene rings is 1. The first-order chi connectivity index (χ1) is 8.92. The predicted octanol–water partition coefficient (Wildman–Crippen LogP) is 2.90. The first-order valence-corrected chi connectivity index (χ1v) is 8.08. The van der Waals surface area contributed by atoms with Crippen molar-refractivity contribution in [3.63, 3.8) is 0 Å². The summed E-state index contributed by atoms with van der Waals surface area (Å²) < 4.78 is 32.3. The number of ether oxygens (including phenoxy) is 1. The summed E-state index contributed by atoms with van der Waals surface area (Å²) >= 11 is 0. The van der Waals surface area contributed by atoms with E-state index in [9.17, 15) is 8.42 Å². The Bertz CT molecular complexity index is 509. The third kappa shape index (κ3) is 4.21. The molecule has 0 aromatic heterocycles. The molecule has 1 N–H and O–H groups in total. The molecular formula is C14H23NO3S. The fourth-order valence-corrected chi connectivity index (χ4v) is 3.00. The Kier molecular flexibility index (Phi) is 5.82. The number of methoxy groups -OCH3 is 1. The van der Waals surface area contributed by atoms with Gasteiger partial charge in [0.05, 0.1) is 7.11 Å². The van der Waals surface area contributed by atoms with E-state index in [1.807, 2.05) is 26.8 Å². The zero-order valence-electron chi connectivity index (χ0n) is 12.1. The Balaban J connectivity index is 3.11. The smallest absolute Gasteiger partial charge is 0.244 e. The third-order valence-electron chi connectivity index (χ3n) is 2.97. The van der Waals surface area contributed by atoms with Crippen LogP contribution in [0.1, 0.15) is 45.1 Å². The van der Waals surface area contributed by atoms with Gasteiger partial charge >= 0.3 is 0 Å². The van der Waals surface area contributed by atoms with Gasteiger partial charge in [0.2, 0.25) is 10.0 Å². The van der Waals surface area contributed by atoms with Gasteiger partial charge in [-0.2, -0.15) is 0 Å². The summed E-state index contributed by atoms with van der Waals surface area (Å²) in [6.07, 6.45) is 1.77. The van der Waals surface area contributed by atoms with E-state index >= 15 is 0 Å². The van der Waals surface area contributed by atoms with E-state index in [1.165, 1.54) is 7.11 Å². The predicted molar refractivity (Wildman–Crippen MR) is 77.2 cm³/mol. The van der Waals surface area contributed by atoms with Crippen molar-refractivity contribution in [2.45, 2.75) is 44.4 Å². The highest BCUT2D eigenvalue weighted by Crippen LogP contribution is 2.27. The zero-order chi connectivity index (χ0) is 14.5. The Morgan fingerprint density at radius 3 is 2.53 bits per heavy atom. The summed E-state index contributed by atoms with van der Waals surface area (Å²) in [6, 6.07) is 5.30. The van der Waals surface area contributed by atoms with Crippen LogP contribution in [0, 0.1) is 0 Å². The van der Waals surface area contributed by atoms with Gasteiger partial charge in [-0.1, -0.05) is 33.3 Å². The maximum Gasteiger partial charge on any atom is 0.244 e. The second kappa shape index (κ2) is 6.91. The van der Waals surface area contributed by atoms with Crippen molar-refractivity contribution in [3.8, 4) is 5.75 Å². The fraction of sp³-hybridized carbons (Fsp3) is 0.571. The molecule has 4 nitrogen and oxygen atoms in total. The van der Waals surface area contributed by atoms with Crippen molar-refractivity contribution in [3.05, 3.63) is 23.8 Å². The Labute approximate surface area is 116 Å². The van der Waals surface area contributed by atoms with Crippen LogP contribution in [0.3, 0.4) is 0 Å². The van der Waals surface area contributed by atoms with Crippen molar-refractivity contribution >= 4 is 10.0 Å². The molecule has 19 heavy (non-hydrogen) atoms. The first kappa shape index (κ1) is 16.0. The maximum absolute atomic E-state index is 12.3. The van der Waals surface area contributed by atoms with Crippen molar-refractivity contribution in [1.82, 2.24) is 4.72 Å². The normalized spacial score (nSPS) is 11.8. The Morgan fingerprint density at radius 2 is 2.00 bits per heavy atom. The van der Waals surface area contributed by atoms with Gasteiger partial charge in [-0.3, -0.25) is 0 Å².